The van der Waals surface area contributed by atoms with E-state index >= 15 is 0 Å². The molecule has 0 saturated carbocycles. The molecule has 0 aromatic heterocycles. The van der Waals surface area contributed by atoms with E-state index in [1.807, 2.05) is 6.92 Å². The van der Waals surface area contributed by atoms with Crippen LogP contribution in [0.25, 0.3) is 0 Å². The number of hydrogen-bond donors (Lipinski definition) is 0. The van der Waals surface area contributed by atoms with Gasteiger partial charge in [0.05, 0.1) is 12.2 Å². The molecule has 0 radical (unpaired) electrons. The number of ether oxygens (including phenoxy) is 1. The van der Waals surface area contributed by atoms with E-state index in [1.165, 1.54) is 0 Å². The summed E-state index contributed by atoms with van der Waals surface area (Å²) in [5.74, 6) is 0. The Kier molecular flexibility index (Phi) is 5.45. The van der Waals surface area contributed by atoms with Crippen LogP contribution in [-0.2, 0) is 9.16 Å². The van der Waals surface area contributed by atoms with Crippen molar-refractivity contribution in [1.82, 2.24) is 0 Å². The summed E-state index contributed by atoms with van der Waals surface area (Å²) >= 11 is 0. The lowest BCUT2D eigenvalue weighted by atomic mass is 10.1. The topological polar surface area (TPSA) is 18.5 Å². The van der Waals surface area contributed by atoms with Gasteiger partial charge in [-0.25, -0.2) is 0 Å². The quantitative estimate of drug-likeness (QED) is 0.352. The van der Waals surface area contributed by atoms with Gasteiger partial charge in [0.25, 0.3) is 0 Å². The molecule has 0 aromatic rings. The van der Waals surface area contributed by atoms with Crippen molar-refractivity contribution < 1.29 is 9.16 Å². The molecule has 0 aromatic carbocycles. The Morgan fingerprint density at radius 3 is 2.50 bits per heavy atom. The van der Waals surface area contributed by atoms with E-state index in [1.54, 1.807) is 0 Å². The van der Waals surface area contributed by atoms with Gasteiger partial charge in [0.1, 0.15) is 10.5 Å². The van der Waals surface area contributed by atoms with Crippen molar-refractivity contribution in [3.05, 3.63) is 12.2 Å². The molecular formula is C9H20O2Si. The molecule has 0 bridgehead atoms. The molecule has 0 saturated heterocycles. The molecule has 0 atom stereocenters. The van der Waals surface area contributed by atoms with Crippen molar-refractivity contribution in [2.24, 2.45) is 0 Å². The van der Waals surface area contributed by atoms with E-state index in [4.69, 9.17) is 9.16 Å². The Morgan fingerprint density at radius 2 is 2.08 bits per heavy atom. The lowest BCUT2D eigenvalue weighted by Gasteiger charge is -2.23. The first-order chi connectivity index (χ1) is 5.48. The number of hydrogen-bond acceptors (Lipinski definition) is 2. The Bertz CT molecular complexity index is 143. The van der Waals surface area contributed by atoms with E-state index in [2.05, 4.69) is 20.4 Å². The molecular weight excluding hydrogens is 168 g/mol. The first kappa shape index (κ1) is 11.9. The first-order valence-corrected chi connectivity index (χ1v) is 5.07. The van der Waals surface area contributed by atoms with E-state index in [0.29, 0.717) is 6.61 Å². The van der Waals surface area contributed by atoms with Crippen LogP contribution in [0.3, 0.4) is 0 Å². The van der Waals surface area contributed by atoms with Crippen molar-refractivity contribution >= 4 is 10.5 Å². The van der Waals surface area contributed by atoms with Gasteiger partial charge in [0.2, 0.25) is 0 Å². The fourth-order valence-corrected chi connectivity index (χ4v) is 0.871. The highest BCUT2D eigenvalue weighted by Crippen LogP contribution is 2.12. The fraction of sp³-hybridized carbons (Fsp3) is 0.778. The van der Waals surface area contributed by atoms with E-state index in [0.717, 1.165) is 29.1 Å². The van der Waals surface area contributed by atoms with Crippen molar-refractivity contribution in [1.29, 1.82) is 0 Å². The third-order valence-electron chi connectivity index (χ3n) is 1.75. The smallest absolute Gasteiger partial charge is 0.146 e. The van der Waals surface area contributed by atoms with Crippen LogP contribution in [0.1, 0.15) is 27.2 Å². The van der Waals surface area contributed by atoms with Gasteiger partial charge >= 0.3 is 0 Å². The first-order valence-electron chi connectivity index (χ1n) is 4.25. The zero-order valence-electron chi connectivity index (χ0n) is 8.64. The Balaban J connectivity index is 3.37. The molecule has 0 spiro atoms. The summed E-state index contributed by atoms with van der Waals surface area (Å²) in [6.07, 6.45) is 0.948. The maximum absolute atomic E-state index is 5.38. The summed E-state index contributed by atoms with van der Waals surface area (Å²) in [5, 5.41) is 0. The second-order valence-electron chi connectivity index (χ2n) is 3.72. The predicted octanol–water partition coefficient (Wildman–Crippen LogP) is 1.04. The van der Waals surface area contributed by atoms with Crippen LogP contribution in [-0.4, -0.2) is 29.3 Å². The molecule has 0 aliphatic heterocycles. The largest absolute Gasteiger partial charge is 0.423 e. The third-order valence-corrected chi connectivity index (χ3v) is 2.85. The highest BCUT2D eigenvalue weighted by Gasteiger charge is 2.14. The molecule has 3 heteroatoms. The van der Waals surface area contributed by atoms with Crippen molar-refractivity contribution in [2.45, 2.75) is 32.8 Å². The van der Waals surface area contributed by atoms with Gasteiger partial charge in [0, 0.05) is 6.61 Å². The monoisotopic (exact) mass is 188 g/mol. The molecule has 72 valence electrons. The summed E-state index contributed by atoms with van der Waals surface area (Å²) in [7, 11) is 0.789. The minimum absolute atomic E-state index is 0.0126. The normalized spacial score (nSPS) is 11.9. The average molecular weight is 188 g/mol. The van der Waals surface area contributed by atoms with Gasteiger partial charge in [-0.05, 0) is 27.2 Å². The Labute approximate surface area is 78.5 Å². The summed E-state index contributed by atoms with van der Waals surface area (Å²) in [6, 6.07) is 0. The lowest BCUT2D eigenvalue weighted by molar-refractivity contribution is 0.0599. The second kappa shape index (κ2) is 5.51. The molecule has 2 nitrogen and oxygen atoms in total. The van der Waals surface area contributed by atoms with Gasteiger partial charge in [-0.1, -0.05) is 12.2 Å². The van der Waals surface area contributed by atoms with Crippen LogP contribution in [0.4, 0.5) is 0 Å². The third kappa shape index (κ3) is 6.58. The highest BCUT2D eigenvalue weighted by molar-refractivity contribution is 5.98. The zero-order valence-corrected chi connectivity index (χ0v) is 10.6. The molecule has 0 aliphatic rings. The molecule has 0 rings (SSSR count). The molecule has 0 aliphatic carbocycles. The van der Waals surface area contributed by atoms with E-state index in [9.17, 15) is 0 Å². The van der Waals surface area contributed by atoms with Crippen LogP contribution < -0.4 is 0 Å². The molecule has 12 heavy (non-hydrogen) atoms. The van der Waals surface area contributed by atoms with Crippen LogP contribution in [0, 0.1) is 0 Å². The SMILES string of the molecule is C=C(C)COCCC(C)(C)O[SiH3]. The highest BCUT2D eigenvalue weighted by atomic mass is 28.2. The number of rotatable bonds is 6. The molecule has 0 unspecified atom stereocenters. The van der Waals surface area contributed by atoms with Crippen LogP contribution in [0.2, 0.25) is 0 Å². The van der Waals surface area contributed by atoms with Gasteiger partial charge in [-0.3, -0.25) is 0 Å². The van der Waals surface area contributed by atoms with Gasteiger partial charge in [0.15, 0.2) is 0 Å². The van der Waals surface area contributed by atoms with Gasteiger partial charge < -0.3 is 9.16 Å². The second-order valence-corrected chi connectivity index (χ2v) is 4.13. The molecule has 0 heterocycles. The summed E-state index contributed by atoms with van der Waals surface area (Å²) in [5.41, 5.74) is 1.06. The van der Waals surface area contributed by atoms with E-state index < -0.39 is 0 Å². The lowest BCUT2D eigenvalue weighted by Crippen LogP contribution is -2.25. The molecule has 0 fully saturated rings. The molecule has 0 amide bonds. The van der Waals surface area contributed by atoms with Crippen molar-refractivity contribution in [2.75, 3.05) is 13.2 Å². The maximum Gasteiger partial charge on any atom is 0.146 e. The van der Waals surface area contributed by atoms with Crippen molar-refractivity contribution in [3.8, 4) is 0 Å². The summed E-state index contributed by atoms with van der Waals surface area (Å²) < 4.78 is 10.7. The minimum Gasteiger partial charge on any atom is -0.423 e. The van der Waals surface area contributed by atoms with E-state index in [-0.39, 0.29) is 5.60 Å². The van der Waals surface area contributed by atoms with Crippen molar-refractivity contribution in [3.63, 3.8) is 0 Å². The minimum atomic E-state index is -0.0126. The van der Waals surface area contributed by atoms with Crippen LogP contribution >= 0.6 is 0 Å². The van der Waals surface area contributed by atoms with Crippen LogP contribution in [0.5, 0.6) is 0 Å². The fourth-order valence-electron chi connectivity index (χ4n) is 0.666. The zero-order chi connectivity index (χ0) is 9.61. The van der Waals surface area contributed by atoms with Gasteiger partial charge in [-0.15, -0.1) is 0 Å². The maximum atomic E-state index is 5.38. The Hall–Kier alpha value is -0.123. The Morgan fingerprint density at radius 1 is 1.50 bits per heavy atom. The summed E-state index contributed by atoms with van der Waals surface area (Å²) in [6.45, 7) is 11.3. The molecule has 0 N–H and O–H groups in total. The average Bonchev–Trinajstić information content (AvgIpc) is 1.98. The predicted molar refractivity (Wildman–Crippen MR) is 55.4 cm³/mol. The summed E-state index contributed by atoms with van der Waals surface area (Å²) in [4.78, 5) is 0. The standard InChI is InChI=1S/C9H20O2Si/c1-8(2)7-10-6-5-9(3,4)11-12/h1,5-7H2,2-4,12H3. The van der Waals surface area contributed by atoms with Gasteiger partial charge in [-0.2, -0.15) is 0 Å². The van der Waals surface area contributed by atoms with Crippen LogP contribution in [0.15, 0.2) is 12.2 Å².